The second kappa shape index (κ2) is 6.11. The molecule has 1 aromatic carbocycles. The van der Waals surface area contributed by atoms with Gasteiger partial charge in [0.2, 0.25) is 0 Å². The fourth-order valence-corrected chi connectivity index (χ4v) is 1.71. The van der Waals surface area contributed by atoms with E-state index in [1.54, 1.807) is 0 Å². The van der Waals surface area contributed by atoms with Crippen LogP contribution in [0.1, 0.15) is 18.9 Å². The van der Waals surface area contributed by atoms with Crippen LogP contribution in [0.5, 0.6) is 0 Å². The van der Waals surface area contributed by atoms with Gasteiger partial charge >= 0.3 is 0 Å². The summed E-state index contributed by atoms with van der Waals surface area (Å²) in [6.07, 6.45) is 0.550. The molecule has 0 bridgehead atoms. The smallest absolute Gasteiger partial charge is 0.0664 e. The van der Waals surface area contributed by atoms with Crippen LogP contribution < -0.4 is 0 Å². The fourth-order valence-electron chi connectivity index (χ4n) is 1.50. The molecule has 0 amide bonds. The molecule has 0 aliphatic carbocycles. The highest BCUT2D eigenvalue weighted by atomic mass is 35.5. The first-order chi connectivity index (χ1) is 7.11. The molecule has 0 aliphatic heterocycles. The maximum Gasteiger partial charge on any atom is 0.0664 e. The molecule has 0 fully saturated rings. The van der Waals surface area contributed by atoms with Crippen LogP contribution in [0.15, 0.2) is 24.3 Å². The van der Waals surface area contributed by atoms with Crippen LogP contribution in [0.25, 0.3) is 0 Å². The Kier molecular flexibility index (Phi) is 5.09. The molecule has 0 aromatic heterocycles. The van der Waals surface area contributed by atoms with Crippen molar-refractivity contribution >= 4 is 11.6 Å². The summed E-state index contributed by atoms with van der Waals surface area (Å²) in [5.74, 6) is 0. The first-order valence-electron chi connectivity index (χ1n) is 5.23. The van der Waals surface area contributed by atoms with Crippen LogP contribution in [0.2, 0.25) is 5.02 Å². The number of nitrogens with zero attached hydrogens (tertiary/aromatic N) is 1. The van der Waals surface area contributed by atoms with Gasteiger partial charge in [-0.05, 0) is 31.2 Å². The lowest BCUT2D eigenvalue weighted by Gasteiger charge is -2.19. The van der Waals surface area contributed by atoms with Crippen molar-refractivity contribution in [3.05, 3.63) is 34.9 Å². The topological polar surface area (TPSA) is 23.5 Å². The predicted molar refractivity (Wildman–Crippen MR) is 64.1 cm³/mol. The number of rotatable bonds is 5. The maximum absolute atomic E-state index is 9.49. The van der Waals surface area contributed by atoms with Gasteiger partial charge in [0, 0.05) is 18.1 Å². The highest BCUT2D eigenvalue weighted by Crippen LogP contribution is 2.12. The molecule has 1 atom stereocenters. The van der Waals surface area contributed by atoms with Crippen molar-refractivity contribution in [3.8, 4) is 0 Å². The van der Waals surface area contributed by atoms with Crippen molar-refractivity contribution in [2.24, 2.45) is 0 Å². The van der Waals surface area contributed by atoms with Crippen molar-refractivity contribution < 1.29 is 5.11 Å². The summed E-state index contributed by atoms with van der Waals surface area (Å²) in [6, 6.07) is 7.81. The number of hydrogen-bond donors (Lipinski definition) is 1. The summed E-state index contributed by atoms with van der Waals surface area (Å²) in [7, 11) is 2.00. The second-order valence-electron chi connectivity index (χ2n) is 3.89. The summed E-state index contributed by atoms with van der Waals surface area (Å²) in [5.41, 5.74) is 1.17. The first kappa shape index (κ1) is 12.5. The molecule has 1 unspecified atom stereocenters. The molecule has 3 heteroatoms. The zero-order chi connectivity index (χ0) is 11.3. The third kappa shape index (κ3) is 4.65. The predicted octanol–water partition coefficient (Wildman–Crippen LogP) is 2.54. The molecule has 0 aliphatic rings. The van der Waals surface area contributed by atoms with Crippen LogP contribution in [0.4, 0.5) is 0 Å². The van der Waals surface area contributed by atoms with Crippen LogP contribution in [-0.2, 0) is 6.54 Å². The Bertz CT molecular complexity index is 303. The Balaban J connectivity index is 2.47. The summed E-state index contributed by atoms with van der Waals surface area (Å²) < 4.78 is 0. The lowest BCUT2D eigenvalue weighted by Crippen LogP contribution is -2.28. The van der Waals surface area contributed by atoms with Crippen LogP contribution in [-0.4, -0.2) is 29.7 Å². The summed E-state index contributed by atoms with van der Waals surface area (Å²) in [5, 5.41) is 10.3. The van der Waals surface area contributed by atoms with Crippen LogP contribution in [0, 0.1) is 0 Å². The zero-order valence-corrected chi connectivity index (χ0v) is 10.0. The minimum absolute atomic E-state index is 0.241. The summed E-state index contributed by atoms with van der Waals surface area (Å²) >= 11 is 5.89. The Labute approximate surface area is 96.5 Å². The maximum atomic E-state index is 9.49. The average Bonchev–Trinajstić information content (AvgIpc) is 2.17. The van der Waals surface area contributed by atoms with Gasteiger partial charge in [0.1, 0.15) is 0 Å². The monoisotopic (exact) mass is 227 g/mol. The number of halogens is 1. The second-order valence-corrected chi connectivity index (χ2v) is 4.33. The number of aliphatic hydroxyl groups excluding tert-OH is 1. The SMILES string of the molecule is CCC(O)CN(C)Cc1cccc(Cl)c1. The van der Waals surface area contributed by atoms with Gasteiger partial charge in [0.05, 0.1) is 6.10 Å². The Morgan fingerprint density at radius 1 is 1.47 bits per heavy atom. The van der Waals surface area contributed by atoms with E-state index in [1.165, 1.54) is 5.56 Å². The van der Waals surface area contributed by atoms with E-state index >= 15 is 0 Å². The van der Waals surface area contributed by atoms with E-state index in [-0.39, 0.29) is 6.10 Å². The van der Waals surface area contributed by atoms with Gasteiger partial charge in [-0.2, -0.15) is 0 Å². The third-order valence-corrected chi connectivity index (χ3v) is 2.57. The summed E-state index contributed by atoms with van der Waals surface area (Å²) in [4.78, 5) is 2.10. The van der Waals surface area contributed by atoms with Gasteiger partial charge in [0.15, 0.2) is 0 Å². The van der Waals surface area contributed by atoms with E-state index in [9.17, 15) is 5.11 Å². The molecular weight excluding hydrogens is 210 g/mol. The van der Waals surface area contributed by atoms with Crippen molar-refractivity contribution in [1.82, 2.24) is 4.90 Å². The average molecular weight is 228 g/mol. The standard InChI is InChI=1S/C12H18ClNO/c1-3-12(15)9-14(2)8-10-5-4-6-11(13)7-10/h4-7,12,15H,3,8-9H2,1-2H3. The van der Waals surface area contributed by atoms with Gasteiger partial charge in [-0.3, -0.25) is 4.90 Å². The number of hydrogen-bond acceptors (Lipinski definition) is 2. The summed E-state index contributed by atoms with van der Waals surface area (Å²) in [6.45, 7) is 3.50. The molecule has 15 heavy (non-hydrogen) atoms. The largest absolute Gasteiger partial charge is 0.392 e. The van der Waals surface area contributed by atoms with Crippen molar-refractivity contribution in [1.29, 1.82) is 0 Å². The van der Waals surface area contributed by atoms with E-state index < -0.39 is 0 Å². The molecular formula is C12H18ClNO. The van der Waals surface area contributed by atoms with Gasteiger partial charge < -0.3 is 5.11 Å². The molecule has 1 rings (SSSR count). The number of benzene rings is 1. The molecule has 0 radical (unpaired) electrons. The fraction of sp³-hybridized carbons (Fsp3) is 0.500. The highest BCUT2D eigenvalue weighted by Gasteiger charge is 2.06. The molecule has 2 nitrogen and oxygen atoms in total. The first-order valence-corrected chi connectivity index (χ1v) is 5.60. The van der Waals surface area contributed by atoms with Gasteiger partial charge in [-0.15, -0.1) is 0 Å². The molecule has 0 spiro atoms. The van der Waals surface area contributed by atoms with Gasteiger partial charge in [0.25, 0.3) is 0 Å². The zero-order valence-electron chi connectivity index (χ0n) is 9.28. The lowest BCUT2D eigenvalue weighted by molar-refractivity contribution is 0.119. The number of aliphatic hydroxyl groups is 1. The minimum Gasteiger partial charge on any atom is -0.392 e. The van der Waals surface area contributed by atoms with E-state index in [0.29, 0.717) is 6.54 Å². The molecule has 1 aromatic rings. The lowest BCUT2D eigenvalue weighted by atomic mass is 10.2. The molecule has 0 saturated carbocycles. The van der Waals surface area contributed by atoms with Gasteiger partial charge in [-0.1, -0.05) is 30.7 Å². The van der Waals surface area contributed by atoms with E-state index in [1.807, 2.05) is 38.2 Å². The van der Waals surface area contributed by atoms with Crippen molar-refractivity contribution in [2.75, 3.05) is 13.6 Å². The Morgan fingerprint density at radius 3 is 2.80 bits per heavy atom. The Hall–Kier alpha value is -0.570. The van der Waals surface area contributed by atoms with Crippen LogP contribution in [0.3, 0.4) is 0 Å². The van der Waals surface area contributed by atoms with Crippen molar-refractivity contribution in [2.45, 2.75) is 26.0 Å². The normalized spacial score (nSPS) is 13.1. The highest BCUT2D eigenvalue weighted by molar-refractivity contribution is 6.30. The number of likely N-dealkylation sites (N-methyl/N-ethyl adjacent to an activating group) is 1. The van der Waals surface area contributed by atoms with E-state index in [2.05, 4.69) is 4.90 Å². The molecule has 0 saturated heterocycles. The van der Waals surface area contributed by atoms with E-state index in [0.717, 1.165) is 18.0 Å². The van der Waals surface area contributed by atoms with Gasteiger partial charge in [-0.25, -0.2) is 0 Å². The minimum atomic E-state index is -0.241. The Morgan fingerprint density at radius 2 is 2.20 bits per heavy atom. The third-order valence-electron chi connectivity index (χ3n) is 2.34. The van der Waals surface area contributed by atoms with Crippen molar-refractivity contribution in [3.63, 3.8) is 0 Å². The molecule has 0 heterocycles. The molecule has 1 N–H and O–H groups in total. The molecule has 84 valence electrons. The van der Waals surface area contributed by atoms with Crippen LogP contribution >= 0.6 is 11.6 Å². The quantitative estimate of drug-likeness (QED) is 0.836. The van der Waals surface area contributed by atoms with E-state index in [4.69, 9.17) is 11.6 Å².